The van der Waals surface area contributed by atoms with Gasteiger partial charge in [-0.3, -0.25) is 4.79 Å². The van der Waals surface area contributed by atoms with Gasteiger partial charge < -0.3 is 10.4 Å². The number of carbonyl (C=O) groups excluding carboxylic acids is 1. The van der Waals surface area contributed by atoms with E-state index < -0.39 is 0 Å². The van der Waals surface area contributed by atoms with Gasteiger partial charge in [0.2, 0.25) is 0 Å². The van der Waals surface area contributed by atoms with E-state index in [1.807, 2.05) is 6.92 Å². The highest BCUT2D eigenvalue weighted by Gasteiger charge is 2.11. The summed E-state index contributed by atoms with van der Waals surface area (Å²) in [6.07, 6.45) is 1.85. The predicted molar refractivity (Wildman–Crippen MR) is 65.0 cm³/mol. The molecule has 0 spiro atoms. The van der Waals surface area contributed by atoms with Crippen molar-refractivity contribution in [2.45, 2.75) is 25.1 Å². The standard InChI is InChI=1S/C12H16ClNO2/c1-2-5-9(13)8-14-12(16)10-6-3-4-7-11(10)15/h3-4,6-7,9,15H,2,5,8H2,1H3,(H,14,16). The van der Waals surface area contributed by atoms with Crippen LogP contribution in [0.25, 0.3) is 0 Å². The Hall–Kier alpha value is -1.22. The predicted octanol–water partition coefficient (Wildman–Crippen LogP) is 2.53. The van der Waals surface area contributed by atoms with Crippen LogP contribution >= 0.6 is 11.6 Å². The first-order valence-electron chi connectivity index (χ1n) is 5.35. The molecular weight excluding hydrogens is 226 g/mol. The van der Waals surface area contributed by atoms with E-state index in [0.29, 0.717) is 6.54 Å². The molecule has 0 radical (unpaired) electrons. The van der Waals surface area contributed by atoms with Crippen molar-refractivity contribution in [3.05, 3.63) is 29.8 Å². The van der Waals surface area contributed by atoms with Gasteiger partial charge >= 0.3 is 0 Å². The number of hydrogen-bond donors (Lipinski definition) is 2. The van der Waals surface area contributed by atoms with Gasteiger partial charge in [-0.1, -0.05) is 25.5 Å². The van der Waals surface area contributed by atoms with E-state index in [9.17, 15) is 9.90 Å². The van der Waals surface area contributed by atoms with Crippen molar-refractivity contribution in [1.82, 2.24) is 5.32 Å². The average Bonchev–Trinajstić information content (AvgIpc) is 2.27. The molecule has 1 atom stereocenters. The molecule has 0 aliphatic carbocycles. The van der Waals surface area contributed by atoms with Crippen molar-refractivity contribution in [1.29, 1.82) is 0 Å². The second-order valence-corrected chi connectivity index (χ2v) is 4.23. The molecule has 0 saturated carbocycles. The fourth-order valence-corrected chi connectivity index (χ4v) is 1.67. The van der Waals surface area contributed by atoms with Crippen LogP contribution in [-0.4, -0.2) is 22.9 Å². The Morgan fingerprint density at radius 2 is 2.19 bits per heavy atom. The summed E-state index contributed by atoms with van der Waals surface area (Å²) in [4.78, 5) is 11.6. The number of rotatable bonds is 5. The lowest BCUT2D eigenvalue weighted by molar-refractivity contribution is 0.0950. The third kappa shape index (κ3) is 3.74. The number of amides is 1. The quantitative estimate of drug-likeness (QED) is 0.779. The molecule has 0 bridgehead atoms. The summed E-state index contributed by atoms with van der Waals surface area (Å²) >= 11 is 5.98. The number of phenols is 1. The number of aromatic hydroxyl groups is 1. The summed E-state index contributed by atoms with van der Waals surface area (Å²) in [5.41, 5.74) is 0.280. The Morgan fingerprint density at radius 3 is 2.81 bits per heavy atom. The molecule has 0 aliphatic heterocycles. The van der Waals surface area contributed by atoms with Gasteiger partial charge in [-0.05, 0) is 18.6 Å². The molecule has 3 nitrogen and oxygen atoms in total. The molecule has 1 amide bonds. The van der Waals surface area contributed by atoms with Crippen molar-refractivity contribution in [2.75, 3.05) is 6.54 Å². The van der Waals surface area contributed by atoms with Crippen LogP contribution in [0.3, 0.4) is 0 Å². The van der Waals surface area contributed by atoms with Crippen molar-refractivity contribution in [3.63, 3.8) is 0 Å². The van der Waals surface area contributed by atoms with E-state index in [4.69, 9.17) is 11.6 Å². The van der Waals surface area contributed by atoms with Gasteiger partial charge in [-0.15, -0.1) is 11.6 Å². The monoisotopic (exact) mass is 241 g/mol. The van der Waals surface area contributed by atoms with Gasteiger partial charge in [-0.2, -0.15) is 0 Å². The SMILES string of the molecule is CCCC(Cl)CNC(=O)c1ccccc1O. The fourth-order valence-electron chi connectivity index (χ4n) is 1.38. The number of phenolic OH excluding ortho intramolecular Hbond substituents is 1. The molecule has 1 aromatic carbocycles. The highest BCUT2D eigenvalue weighted by molar-refractivity contribution is 6.20. The van der Waals surface area contributed by atoms with Crippen LogP contribution in [0.4, 0.5) is 0 Å². The molecule has 1 aromatic rings. The zero-order valence-electron chi connectivity index (χ0n) is 9.24. The maximum absolute atomic E-state index is 11.6. The summed E-state index contributed by atoms with van der Waals surface area (Å²) in [6, 6.07) is 6.44. The molecule has 1 unspecified atom stereocenters. The second kappa shape index (κ2) is 6.38. The third-order valence-corrected chi connectivity index (χ3v) is 2.61. The summed E-state index contributed by atoms with van der Waals surface area (Å²) in [6.45, 7) is 2.46. The van der Waals surface area contributed by atoms with Crippen LogP contribution in [-0.2, 0) is 0 Å². The average molecular weight is 242 g/mol. The van der Waals surface area contributed by atoms with Crippen LogP contribution in [0.2, 0.25) is 0 Å². The number of benzene rings is 1. The number of alkyl halides is 1. The Bertz CT molecular complexity index is 355. The van der Waals surface area contributed by atoms with E-state index >= 15 is 0 Å². The van der Waals surface area contributed by atoms with E-state index in [1.165, 1.54) is 6.07 Å². The Morgan fingerprint density at radius 1 is 1.50 bits per heavy atom. The van der Waals surface area contributed by atoms with E-state index in [-0.39, 0.29) is 22.6 Å². The Kier molecular flexibility index (Phi) is 5.12. The van der Waals surface area contributed by atoms with Crippen molar-refractivity contribution < 1.29 is 9.90 Å². The number of nitrogens with one attached hydrogen (secondary N) is 1. The van der Waals surface area contributed by atoms with Crippen molar-refractivity contribution in [2.24, 2.45) is 0 Å². The van der Waals surface area contributed by atoms with E-state index in [0.717, 1.165) is 12.8 Å². The van der Waals surface area contributed by atoms with Crippen LogP contribution in [0.15, 0.2) is 24.3 Å². The molecule has 16 heavy (non-hydrogen) atoms. The molecule has 0 aliphatic rings. The second-order valence-electron chi connectivity index (χ2n) is 3.61. The zero-order valence-corrected chi connectivity index (χ0v) is 10.00. The van der Waals surface area contributed by atoms with Crippen LogP contribution in [0.5, 0.6) is 5.75 Å². The number of hydrogen-bond acceptors (Lipinski definition) is 2. The Balaban J connectivity index is 2.50. The van der Waals surface area contributed by atoms with Crippen LogP contribution in [0, 0.1) is 0 Å². The molecule has 0 aromatic heterocycles. The molecular formula is C12H16ClNO2. The summed E-state index contributed by atoms with van der Waals surface area (Å²) in [5, 5.41) is 12.1. The number of para-hydroxylation sites is 1. The summed E-state index contributed by atoms with van der Waals surface area (Å²) in [5.74, 6) is -0.304. The molecule has 2 N–H and O–H groups in total. The van der Waals surface area contributed by atoms with E-state index in [1.54, 1.807) is 18.2 Å². The first kappa shape index (κ1) is 12.8. The van der Waals surface area contributed by atoms with Gasteiger partial charge in [0.1, 0.15) is 5.75 Å². The van der Waals surface area contributed by atoms with Gasteiger partial charge in [0, 0.05) is 6.54 Å². The highest BCUT2D eigenvalue weighted by Crippen LogP contribution is 2.15. The van der Waals surface area contributed by atoms with Gasteiger partial charge in [-0.25, -0.2) is 0 Å². The molecule has 1 rings (SSSR count). The van der Waals surface area contributed by atoms with Gasteiger partial charge in [0.15, 0.2) is 0 Å². The zero-order chi connectivity index (χ0) is 12.0. The van der Waals surface area contributed by atoms with Gasteiger partial charge in [0.05, 0.1) is 10.9 Å². The van der Waals surface area contributed by atoms with Crippen LogP contribution in [0.1, 0.15) is 30.1 Å². The molecule has 0 heterocycles. The lowest BCUT2D eigenvalue weighted by Gasteiger charge is -2.10. The first-order chi connectivity index (χ1) is 7.65. The highest BCUT2D eigenvalue weighted by atomic mass is 35.5. The maximum atomic E-state index is 11.6. The number of halogens is 1. The lowest BCUT2D eigenvalue weighted by Crippen LogP contribution is -2.29. The van der Waals surface area contributed by atoms with E-state index in [2.05, 4.69) is 5.32 Å². The molecule has 88 valence electrons. The lowest BCUT2D eigenvalue weighted by atomic mass is 10.2. The molecule has 0 fully saturated rings. The Labute approximate surface area is 100 Å². The minimum Gasteiger partial charge on any atom is -0.507 e. The van der Waals surface area contributed by atoms with Crippen molar-refractivity contribution >= 4 is 17.5 Å². The first-order valence-corrected chi connectivity index (χ1v) is 5.79. The largest absolute Gasteiger partial charge is 0.507 e. The van der Waals surface area contributed by atoms with Gasteiger partial charge in [0.25, 0.3) is 5.91 Å². The topological polar surface area (TPSA) is 49.3 Å². The molecule has 0 saturated heterocycles. The van der Waals surface area contributed by atoms with Crippen LogP contribution < -0.4 is 5.32 Å². The fraction of sp³-hybridized carbons (Fsp3) is 0.417. The number of carbonyl (C=O) groups is 1. The minimum absolute atomic E-state index is 0.0124. The third-order valence-electron chi connectivity index (χ3n) is 2.23. The smallest absolute Gasteiger partial charge is 0.255 e. The minimum atomic E-state index is -0.292. The van der Waals surface area contributed by atoms with Crippen molar-refractivity contribution in [3.8, 4) is 5.75 Å². The summed E-state index contributed by atoms with van der Waals surface area (Å²) in [7, 11) is 0. The maximum Gasteiger partial charge on any atom is 0.255 e. The summed E-state index contributed by atoms with van der Waals surface area (Å²) < 4.78 is 0. The normalized spacial score (nSPS) is 12.1. The molecule has 4 heteroatoms.